The van der Waals surface area contributed by atoms with Crippen LogP contribution in [0.25, 0.3) is 0 Å². The van der Waals surface area contributed by atoms with Gasteiger partial charge in [0.05, 0.1) is 0 Å². The number of carbonyl (C=O) groups excluding carboxylic acids is 2. The molecule has 0 fully saturated rings. The van der Waals surface area contributed by atoms with Crippen molar-refractivity contribution >= 4 is 23.2 Å². The number of halogens is 1. The Labute approximate surface area is 93.2 Å². The highest BCUT2D eigenvalue weighted by atomic mass is 35.5. The Morgan fingerprint density at radius 3 is 2.27 bits per heavy atom. The van der Waals surface area contributed by atoms with Gasteiger partial charge in [0.2, 0.25) is 0 Å². The molecule has 1 aromatic rings. The number of benzene rings is 1. The summed E-state index contributed by atoms with van der Waals surface area (Å²) >= 11 is 5.92. The van der Waals surface area contributed by atoms with Gasteiger partial charge in [-0.2, -0.15) is 0 Å². The van der Waals surface area contributed by atoms with Crippen molar-refractivity contribution in [2.24, 2.45) is 5.73 Å². The molecule has 0 aliphatic carbocycles. The molecule has 1 unspecified atom stereocenters. The van der Waals surface area contributed by atoms with Gasteiger partial charge in [-0.25, -0.2) is 0 Å². The van der Waals surface area contributed by atoms with Crippen LogP contribution in [0.5, 0.6) is 0 Å². The van der Waals surface area contributed by atoms with Crippen molar-refractivity contribution in [1.29, 1.82) is 0 Å². The van der Waals surface area contributed by atoms with Crippen LogP contribution < -0.4 is 5.73 Å². The fraction of sp³-hybridized carbons (Fsp3) is 0.273. The molecule has 3 nitrogen and oxygen atoms in total. The van der Waals surface area contributed by atoms with Gasteiger partial charge in [0.15, 0.2) is 16.6 Å². The van der Waals surface area contributed by atoms with Gasteiger partial charge in [-0.05, 0) is 13.8 Å². The number of hydrogen-bond donors (Lipinski definition) is 1. The van der Waals surface area contributed by atoms with Crippen LogP contribution in [-0.2, 0) is 9.79 Å². The zero-order valence-corrected chi connectivity index (χ0v) is 9.34. The SMILES string of the molecule is CC(=O)c1ccccc1C(N)(Cl)C(C)=O. The standard InChI is InChI=1S/C11H12ClNO2/c1-7(14)9-5-3-4-6-10(9)11(12,13)8(2)15/h3-6H,13H2,1-2H3. The predicted octanol–water partition coefficient (Wildman–Crippen LogP) is 1.83. The van der Waals surface area contributed by atoms with Crippen LogP contribution in [0.15, 0.2) is 24.3 Å². The Bertz CT molecular complexity index is 413. The fourth-order valence-corrected chi connectivity index (χ4v) is 1.46. The van der Waals surface area contributed by atoms with Gasteiger partial charge in [0, 0.05) is 11.1 Å². The smallest absolute Gasteiger partial charge is 0.176 e. The lowest BCUT2D eigenvalue weighted by Crippen LogP contribution is -2.38. The first-order valence-corrected chi connectivity index (χ1v) is 4.84. The third-order valence-electron chi connectivity index (χ3n) is 2.21. The molecular formula is C11H12ClNO2. The number of nitrogens with two attached hydrogens (primary N) is 1. The molecule has 0 saturated heterocycles. The van der Waals surface area contributed by atoms with Gasteiger partial charge in [0.25, 0.3) is 0 Å². The lowest BCUT2D eigenvalue weighted by atomic mass is 9.96. The van der Waals surface area contributed by atoms with E-state index in [1.165, 1.54) is 13.8 Å². The number of Topliss-reactive ketones (excluding diaryl/α,β-unsaturated/α-hetero) is 2. The topological polar surface area (TPSA) is 60.2 Å². The Morgan fingerprint density at radius 1 is 1.27 bits per heavy atom. The van der Waals surface area contributed by atoms with E-state index in [0.717, 1.165) is 0 Å². The van der Waals surface area contributed by atoms with E-state index in [9.17, 15) is 9.59 Å². The molecule has 0 saturated carbocycles. The average molecular weight is 226 g/mol. The molecule has 1 atom stereocenters. The highest BCUT2D eigenvalue weighted by Gasteiger charge is 2.32. The van der Waals surface area contributed by atoms with E-state index >= 15 is 0 Å². The van der Waals surface area contributed by atoms with E-state index < -0.39 is 10.8 Å². The molecule has 0 amide bonds. The zero-order valence-electron chi connectivity index (χ0n) is 8.58. The number of hydrogen-bond acceptors (Lipinski definition) is 3. The van der Waals surface area contributed by atoms with Crippen LogP contribution >= 0.6 is 11.6 Å². The van der Waals surface area contributed by atoms with E-state index in [-0.39, 0.29) is 5.78 Å². The molecule has 0 heterocycles. The molecule has 15 heavy (non-hydrogen) atoms. The van der Waals surface area contributed by atoms with E-state index in [0.29, 0.717) is 11.1 Å². The first-order valence-electron chi connectivity index (χ1n) is 4.46. The Balaban J connectivity index is 3.37. The van der Waals surface area contributed by atoms with E-state index in [1.54, 1.807) is 24.3 Å². The largest absolute Gasteiger partial charge is 0.303 e. The highest BCUT2D eigenvalue weighted by molar-refractivity contribution is 6.34. The summed E-state index contributed by atoms with van der Waals surface area (Å²) in [6, 6.07) is 6.58. The lowest BCUT2D eigenvalue weighted by molar-refractivity contribution is -0.119. The van der Waals surface area contributed by atoms with Crippen molar-refractivity contribution < 1.29 is 9.59 Å². The second-order valence-corrected chi connectivity index (χ2v) is 3.97. The van der Waals surface area contributed by atoms with Gasteiger partial charge < -0.3 is 5.73 Å². The molecule has 1 rings (SSSR count). The summed E-state index contributed by atoms with van der Waals surface area (Å²) < 4.78 is 0. The average Bonchev–Trinajstić information content (AvgIpc) is 2.17. The Hall–Kier alpha value is -1.19. The Kier molecular flexibility index (Phi) is 3.27. The highest BCUT2D eigenvalue weighted by Crippen LogP contribution is 2.27. The van der Waals surface area contributed by atoms with Crippen LogP contribution in [0, 0.1) is 0 Å². The first kappa shape index (κ1) is 11.9. The number of ketones is 2. The van der Waals surface area contributed by atoms with E-state index in [4.69, 9.17) is 17.3 Å². The maximum atomic E-state index is 11.3. The van der Waals surface area contributed by atoms with Crippen molar-refractivity contribution in [2.75, 3.05) is 0 Å². The molecule has 0 aliphatic heterocycles. The summed E-state index contributed by atoms with van der Waals surface area (Å²) in [6.07, 6.45) is 0. The summed E-state index contributed by atoms with van der Waals surface area (Å²) in [6.45, 7) is 2.70. The molecule has 80 valence electrons. The summed E-state index contributed by atoms with van der Waals surface area (Å²) in [5, 5.41) is 0. The molecule has 4 heteroatoms. The van der Waals surface area contributed by atoms with Gasteiger partial charge >= 0.3 is 0 Å². The third kappa shape index (κ3) is 2.25. The molecule has 0 bridgehead atoms. The first-order chi connectivity index (χ1) is 6.87. The maximum Gasteiger partial charge on any atom is 0.176 e. The summed E-state index contributed by atoms with van der Waals surface area (Å²) in [7, 11) is 0. The minimum absolute atomic E-state index is 0.165. The molecule has 1 aromatic carbocycles. The number of carbonyl (C=O) groups is 2. The normalized spacial score (nSPS) is 14.4. The van der Waals surface area contributed by atoms with Crippen molar-refractivity contribution in [3.05, 3.63) is 35.4 Å². The van der Waals surface area contributed by atoms with Gasteiger partial charge in [0.1, 0.15) is 0 Å². The van der Waals surface area contributed by atoms with Crippen molar-refractivity contribution in [1.82, 2.24) is 0 Å². The summed E-state index contributed by atoms with van der Waals surface area (Å²) in [5.41, 5.74) is 6.42. The van der Waals surface area contributed by atoms with Crippen LogP contribution in [0.1, 0.15) is 29.8 Å². The van der Waals surface area contributed by atoms with Gasteiger partial charge in [-0.1, -0.05) is 35.9 Å². The summed E-state index contributed by atoms with van der Waals surface area (Å²) in [4.78, 5) is 21.0. The molecule has 2 N–H and O–H groups in total. The van der Waals surface area contributed by atoms with Crippen LogP contribution in [0.3, 0.4) is 0 Å². The molecular weight excluding hydrogens is 214 g/mol. The predicted molar refractivity (Wildman–Crippen MR) is 58.8 cm³/mol. The van der Waals surface area contributed by atoms with Crippen molar-refractivity contribution in [3.8, 4) is 0 Å². The van der Waals surface area contributed by atoms with Crippen LogP contribution in [0.2, 0.25) is 0 Å². The number of rotatable bonds is 3. The van der Waals surface area contributed by atoms with E-state index in [1.807, 2.05) is 0 Å². The zero-order chi connectivity index (χ0) is 11.6. The summed E-state index contributed by atoms with van der Waals surface area (Å²) in [5.74, 6) is -0.555. The van der Waals surface area contributed by atoms with Crippen molar-refractivity contribution in [3.63, 3.8) is 0 Å². The van der Waals surface area contributed by atoms with Crippen LogP contribution in [0.4, 0.5) is 0 Å². The molecule has 0 aromatic heterocycles. The minimum atomic E-state index is -1.62. The second kappa shape index (κ2) is 4.13. The lowest BCUT2D eigenvalue weighted by Gasteiger charge is -2.21. The monoisotopic (exact) mass is 225 g/mol. The molecule has 0 radical (unpaired) electrons. The third-order valence-corrected chi connectivity index (χ3v) is 2.68. The Morgan fingerprint density at radius 2 is 1.80 bits per heavy atom. The second-order valence-electron chi connectivity index (χ2n) is 3.37. The maximum absolute atomic E-state index is 11.3. The molecule has 0 aliphatic rings. The quantitative estimate of drug-likeness (QED) is 0.485. The minimum Gasteiger partial charge on any atom is -0.303 e. The van der Waals surface area contributed by atoms with Crippen molar-refractivity contribution in [2.45, 2.75) is 18.8 Å². The fourth-order valence-electron chi connectivity index (χ4n) is 1.30. The molecule has 0 spiro atoms. The van der Waals surface area contributed by atoms with Gasteiger partial charge in [-0.3, -0.25) is 9.59 Å². The van der Waals surface area contributed by atoms with Gasteiger partial charge in [-0.15, -0.1) is 0 Å². The van der Waals surface area contributed by atoms with Crippen LogP contribution in [-0.4, -0.2) is 11.6 Å². The number of alkyl halides is 1. The van der Waals surface area contributed by atoms with E-state index in [2.05, 4.69) is 0 Å².